The van der Waals surface area contributed by atoms with Crippen molar-refractivity contribution >= 4 is 11.6 Å². The van der Waals surface area contributed by atoms with Gasteiger partial charge in [0.05, 0.1) is 17.7 Å². The van der Waals surface area contributed by atoms with E-state index in [0.717, 1.165) is 12.0 Å². The zero-order valence-electron chi connectivity index (χ0n) is 10.7. The average Bonchev–Trinajstić information content (AvgIpc) is 3.16. The highest BCUT2D eigenvalue weighted by Gasteiger charge is 2.50. The van der Waals surface area contributed by atoms with Crippen molar-refractivity contribution in [2.24, 2.45) is 11.3 Å². The number of rotatable bonds is 4. The minimum Gasteiger partial charge on any atom is -0.396 e. The quantitative estimate of drug-likeness (QED) is 0.920. The number of aliphatic hydroxyl groups excluding tert-OH is 1. The van der Waals surface area contributed by atoms with E-state index in [-0.39, 0.29) is 23.1 Å². The first kappa shape index (κ1) is 13.3. The summed E-state index contributed by atoms with van der Waals surface area (Å²) >= 11 is 5.83. The molecule has 2 fully saturated rings. The second-order valence-electron chi connectivity index (χ2n) is 5.82. The van der Waals surface area contributed by atoms with Gasteiger partial charge >= 0.3 is 0 Å². The summed E-state index contributed by atoms with van der Waals surface area (Å²) in [7, 11) is 0. The van der Waals surface area contributed by atoms with Gasteiger partial charge in [-0.05, 0) is 49.3 Å². The van der Waals surface area contributed by atoms with E-state index in [0.29, 0.717) is 18.9 Å². The molecule has 1 aliphatic carbocycles. The predicted molar refractivity (Wildman–Crippen MR) is 71.7 cm³/mol. The van der Waals surface area contributed by atoms with Gasteiger partial charge in [0.25, 0.3) is 0 Å². The Morgan fingerprint density at radius 1 is 1.42 bits per heavy atom. The molecule has 1 saturated carbocycles. The van der Waals surface area contributed by atoms with Gasteiger partial charge in [-0.2, -0.15) is 0 Å². The number of aliphatic hydroxyl groups is 1. The summed E-state index contributed by atoms with van der Waals surface area (Å²) in [6.07, 6.45) is 4.08. The van der Waals surface area contributed by atoms with E-state index in [1.54, 1.807) is 12.1 Å². The van der Waals surface area contributed by atoms with Crippen molar-refractivity contribution in [3.05, 3.63) is 34.6 Å². The normalized spacial score (nSPS) is 30.8. The van der Waals surface area contributed by atoms with Crippen LogP contribution in [0.3, 0.4) is 0 Å². The van der Waals surface area contributed by atoms with Crippen LogP contribution in [-0.2, 0) is 11.2 Å². The first-order valence-corrected chi connectivity index (χ1v) is 7.19. The van der Waals surface area contributed by atoms with Crippen LogP contribution < -0.4 is 0 Å². The maximum atomic E-state index is 13.2. The molecule has 1 aromatic rings. The minimum absolute atomic E-state index is 0.114. The van der Waals surface area contributed by atoms with E-state index < -0.39 is 5.82 Å². The van der Waals surface area contributed by atoms with E-state index in [1.807, 2.05) is 0 Å². The fraction of sp³-hybridized carbons (Fsp3) is 0.600. The van der Waals surface area contributed by atoms with Crippen LogP contribution in [0.1, 0.15) is 24.8 Å². The monoisotopic (exact) mass is 284 g/mol. The van der Waals surface area contributed by atoms with Crippen molar-refractivity contribution in [2.75, 3.05) is 13.2 Å². The van der Waals surface area contributed by atoms with E-state index in [4.69, 9.17) is 16.3 Å². The van der Waals surface area contributed by atoms with Crippen molar-refractivity contribution in [2.45, 2.75) is 31.8 Å². The van der Waals surface area contributed by atoms with Crippen LogP contribution in [0.25, 0.3) is 0 Å². The lowest BCUT2D eigenvalue weighted by Gasteiger charge is -2.32. The second kappa shape index (κ2) is 5.04. The number of hydrogen-bond donors (Lipinski definition) is 1. The molecule has 2 atom stereocenters. The molecule has 19 heavy (non-hydrogen) atoms. The molecule has 0 bridgehead atoms. The Morgan fingerprint density at radius 3 is 2.84 bits per heavy atom. The summed E-state index contributed by atoms with van der Waals surface area (Å²) in [5.74, 6) is 0.190. The van der Waals surface area contributed by atoms with E-state index in [9.17, 15) is 9.50 Å². The third kappa shape index (κ3) is 2.51. The van der Waals surface area contributed by atoms with E-state index >= 15 is 0 Å². The zero-order valence-corrected chi connectivity index (χ0v) is 11.5. The van der Waals surface area contributed by atoms with Gasteiger partial charge in [0.1, 0.15) is 5.82 Å². The molecule has 1 aliphatic heterocycles. The van der Waals surface area contributed by atoms with Gasteiger partial charge in [0.15, 0.2) is 0 Å². The number of halogens is 2. The van der Waals surface area contributed by atoms with Gasteiger partial charge in [-0.1, -0.05) is 17.7 Å². The van der Waals surface area contributed by atoms with Crippen LogP contribution >= 0.6 is 11.6 Å². The molecule has 2 nitrogen and oxygen atoms in total. The second-order valence-corrected chi connectivity index (χ2v) is 6.23. The lowest BCUT2D eigenvalue weighted by molar-refractivity contribution is 0.000581. The molecule has 1 aromatic carbocycles. The highest BCUT2D eigenvalue weighted by molar-refractivity contribution is 6.30. The molecule has 0 amide bonds. The number of ether oxygens (including phenoxy) is 1. The molecule has 0 spiro atoms. The summed E-state index contributed by atoms with van der Waals surface area (Å²) in [4.78, 5) is 0. The highest BCUT2D eigenvalue weighted by Crippen LogP contribution is 2.49. The van der Waals surface area contributed by atoms with Crippen molar-refractivity contribution < 1.29 is 14.2 Å². The molecule has 4 heteroatoms. The lowest BCUT2D eigenvalue weighted by atomic mass is 9.75. The Morgan fingerprint density at radius 2 is 2.21 bits per heavy atom. The molecule has 1 saturated heterocycles. The molecular formula is C15H18ClFO2. The Hall–Kier alpha value is -0.640. The third-order valence-electron chi connectivity index (χ3n) is 4.41. The molecule has 0 aromatic heterocycles. The van der Waals surface area contributed by atoms with Crippen LogP contribution in [0.15, 0.2) is 18.2 Å². The lowest BCUT2D eigenvalue weighted by Crippen LogP contribution is -2.38. The molecule has 104 valence electrons. The molecule has 2 unspecified atom stereocenters. The van der Waals surface area contributed by atoms with E-state index in [2.05, 4.69) is 0 Å². The fourth-order valence-electron chi connectivity index (χ4n) is 3.21. The molecular weight excluding hydrogens is 267 g/mol. The number of hydrogen-bond acceptors (Lipinski definition) is 2. The molecule has 1 N–H and O–H groups in total. The molecule has 0 radical (unpaired) electrons. The zero-order chi connectivity index (χ0) is 13.5. The molecule has 2 aliphatic rings. The Labute approximate surface area is 117 Å². The third-order valence-corrected chi connectivity index (χ3v) is 4.70. The van der Waals surface area contributed by atoms with Gasteiger partial charge in [-0.25, -0.2) is 4.39 Å². The van der Waals surface area contributed by atoms with Crippen LogP contribution in [0.5, 0.6) is 0 Å². The summed E-state index contributed by atoms with van der Waals surface area (Å²) in [6, 6.07) is 4.81. The topological polar surface area (TPSA) is 29.5 Å². The smallest absolute Gasteiger partial charge is 0.141 e. The first-order valence-electron chi connectivity index (χ1n) is 6.81. The average molecular weight is 285 g/mol. The van der Waals surface area contributed by atoms with Crippen molar-refractivity contribution in [1.82, 2.24) is 0 Å². The van der Waals surface area contributed by atoms with Crippen molar-refractivity contribution in [3.63, 3.8) is 0 Å². The van der Waals surface area contributed by atoms with Gasteiger partial charge in [-0.3, -0.25) is 0 Å². The molecule has 1 heterocycles. The van der Waals surface area contributed by atoms with Crippen LogP contribution in [-0.4, -0.2) is 24.4 Å². The summed E-state index contributed by atoms with van der Waals surface area (Å²) < 4.78 is 19.0. The standard InChI is InChI=1S/C15H18ClFO2/c16-12-7-10(1-4-13(12)17)8-15(9-18)5-6-19-14(15)11-2-3-11/h1,4,7,11,14,18H,2-3,5-6,8-9H2. The SMILES string of the molecule is OCC1(Cc2ccc(F)c(Cl)c2)CCOC1C1CC1. The fourth-order valence-corrected chi connectivity index (χ4v) is 3.42. The summed E-state index contributed by atoms with van der Waals surface area (Å²) in [6.45, 7) is 0.819. The van der Waals surface area contributed by atoms with Crippen molar-refractivity contribution in [3.8, 4) is 0 Å². The summed E-state index contributed by atoms with van der Waals surface area (Å²) in [5.41, 5.74) is 0.749. The Kier molecular flexibility index (Phi) is 3.54. The Bertz CT molecular complexity index is 475. The predicted octanol–water partition coefficient (Wildman–Crippen LogP) is 3.20. The number of benzene rings is 1. The largest absolute Gasteiger partial charge is 0.396 e. The van der Waals surface area contributed by atoms with E-state index in [1.165, 1.54) is 18.9 Å². The summed E-state index contributed by atoms with van der Waals surface area (Å²) in [5, 5.41) is 10.0. The van der Waals surface area contributed by atoms with Gasteiger partial charge < -0.3 is 9.84 Å². The van der Waals surface area contributed by atoms with Gasteiger partial charge in [0.2, 0.25) is 0 Å². The van der Waals surface area contributed by atoms with Gasteiger partial charge in [-0.15, -0.1) is 0 Å². The van der Waals surface area contributed by atoms with Crippen molar-refractivity contribution in [1.29, 1.82) is 0 Å². The van der Waals surface area contributed by atoms with Crippen LogP contribution in [0, 0.1) is 17.2 Å². The van der Waals surface area contributed by atoms with Gasteiger partial charge in [0, 0.05) is 12.0 Å². The molecule has 3 rings (SSSR count). The first-order chi connectivity index (χ1) is 9.14. The maximum Gasteiger partial charge on any atom is 0.141 e. The Balaban J connectivity index is 1.83. The van der Waals surface area contributed by atoms with Crippen LogP contribution in [0.2, 0.25) is 5.02 Å². The highest BCUT2D eigenvalue weighted by atomic mass is 35.5. The maximum absolute atomic E-state index is 13.2. The minimum atomic E-state index is -0.398. The van der Waals surface area contributed by atoms with Crippen LogP contribution in [0.4, 0.5) is 4.39 Å².